The summed E-state index contributed by atoms with van der Waals surface area (Å²) < 4.78 is 39.4. The molecule has 0 amide bonds. The minimum absolute atomic E-state index is 0.0438. The highest BCUT2D eigenvalue weighted by molar-refractivity contribution is 7.47. The van der Waals surface area contributed by atoms with Gasteiger partial charge in [0.1, 0.15) is 12.7 Å². The molecule has 11 nitrogen and oxygen atoms in total. The third-order valence-electron chi connectivity index (χ3n) is 11.4. The number of hydrogen-bond donors (Lipinski definition) is 2. The van der Waals surface area contributed by atoms with E-state index < -0.39 is 57.8 Å². The van der Waals surface area contributed by atoms with Crippen LogP contribution in [0.25, 0.3) is 0 Å². The molecule has 3 unspecified atom stereocenters. The molecular formula is C66H103O11P. The van der Waals surface area contributed by atoms with Gasteiger partial charge in [0.15, 0.2) is 6.10 Å². The Kier molecular flexibility index (Phi) is 54.6. The van der Waals surface area contributed by atoms with Crippen LogP contribution in [0.3, 0.4) is 0 Å². The normalized spacial score (nSPS) is 14.5. The summed E-state index contributed by atoms with van der Waals surface area (Å²) in [5.74, 6) is -1.63. The van der Waals surface area contributed by atoms with E-state index in [1.54, 1.807) is 0 Å². The number of hydrogen-bond acceptors (Lipinski definition) is 10. The number of unbranched alkanes of at least 4 members (excludes halogenated alkanes) is 9. The SMILES string of the molecule is CC/C=C\C/C=C\C/C=C\C/C=C\C/C=C\CCCCCC(=O)OCC(COP(=O)(O)OCC(CO)OC(=O)CC/C=C\C/C=C\C/C=C\C/C=C\CC)OC(=O)CCCCCCCC/C=C\C/C=C\C/C=C\C/C=C\CC. The first-order chi connectivity index (χ1) is 38.2. The molecule has 0 heterocycles. The molecule has 0 aliphatic rings. The van der Waals surface area contributed by atoms with Gasteiger partial charge in [0.2, 0.25) is 0 Å². The number of allylic oxidation sites excluding steroid dienone is 26. The van der Waals surface area contributed by atoms with E-state index in [0.29, 0.717) is 19.3 Å². The zero-order valence-corrected chi connectivity index (χ0v) is 49.2. The predicted octanol–water partition coefficient (Wildman–Crippen LogP) is 17.7. The monoisotopic (exact) mass is 1100 g/mol. The van der Waals surface area contributed by atoms with Crippen molar-refractivity contribution in [2.45, 2.75) is 213 Å². The van der Waals surface area contributed by atoms with Crippen LogP contribution in [0.1, 0.15) is 201 Å². The highest BCUT2D eigenvalue weighted by Gasteiger charge is 2.28. The molecule has 0 fully saturated rings. The number of esters is 3. The summed E-state index contributed by atoms with van der Waals surface area (Å²) in [6, 6.07) is 0. The van der Waals surface area contributed by atoms with Gasteiger partial charge in [0.05, 0.1) is 19.8 Å². The molecule has 78 heavy (non-hydrogen) atoms. The van der Waals surface area contributed by atoms with Gasteiger partial charge in [-0.05, 0) is 128 Å². The summed E-state index contributed by atoms with van der Waals surface area (Å²) in [6.45, 7) is 4.14. The van der Waals surface area contributed by atoms with Gasteiger partial charge in [-0.3, -0.25) is 23.4 Å². The number of carbonyl (C=O) groups is 3. The zero-order chi connectivity index (χ0) is 56.9. The van der Waals surface area contributed by atoms with Gasteiger partial charge in [-0.25, -0.2) is 4.57 Å². The molecule has 0 saturated carbocycles. The summed E-state index contributed by atoms with van der Waals surface area (Å²) >= 11 is 0. The lowest BCUT2D eigenvalue weighted by atomic mass is 10.1. The fourth-order valence-corrected chi connectivity index (χ4v) is 7.88. The second-order valence-electron chi connectivity index (χ2n) is 18.7. The fraction of sp³-hybridized carbons (Fsp3) is 0.561. The van der Waals surface area contributed by atoms with Gasteiger partial charge in [-0.2, -0.15) is 0 Å². The number of phosphoric acid groups is 1. The molecule has 0 radical (unpaired) electrons. The maximum absolute atomic E-state index is 12.9. The maximum Gasteiger partial charge on any atom is 0.472 e. The van der Waals surface area contributed by atoms with Crippen molar-refractivity contribution in [3.63, 3.8) is 0 Å². The molecule has 2 N–H and O–H groups in total. The third kappa shape index (κ3) is 55.8. The topological polar surface area (TPSA) is 155 Å². The zero-order valence-electron chi connectivity index (χ0n) is 48.3. The Labute approximate surface area is 473 Å². The number of aliphatic hydroxyl groups excluding tert-OH is 1. The van der Waals surface area contributed by atoms with E-state index in [4.69, 9.17) is 23.3 Å². The number of rotatable bonds is 52. The van der Waals surface area contributed by atoms with E-state index in [1.807, 2.05) is 18.2 Å². The van der Waals surface area contributed by atoms with Crippen LogP contribution in [-0.4, -0.2) is 66.5 Å². The van der Waals surface area contributed by atoms with Gasteiger partial charge in [-0.1, -0.05) is 211 Å². The molecule has 0 spiro atoms. The third-order valence-corrected chi connectivity index (χ3v) is 12.4. The average Bonchev–Trinajstić information content (AvgIpc) is 3.43. The number of ether oxygens (including phenoxy) is 3. The smallest absolute Gasteiger partial charge is 0.462 e. The van der Waals surface area contributed by atoms with Crippen LogP contribution in [-0.2, 0) is 42.2 Å². The standard InChI is InChI=1S/C66H103O11P/c1-4-7-10-13-16-19-22-25-27-29-31-33-35-38-40-43-46-49-52-55-64(68)73-59-63(77-66(70)57-54-51-48-45-42-39-36-34-32-30-28-26-23-20-17-14-11-8-5-2)61-75-78(71,72)74-60-62(58-67)76-65(69)56-53-50-47-44-41-37-24-21-18-15-12-9-6-3/h7-12,16-21,25-28,31-34,37-38,40-41,47,50,62-63,67H,4-6,13-15,22-24,29-30,35-36,39,42-46,48-49,51-61H2,1-3H3,(H,71,72)/b10-7-,11-8-,12-9-,19-16-,20-17-,21-18-,27-25-,28-26-,33-31-,34-32-,40-38-,41-37-,50-47-. The second kappa shape index (κ2) is 58.3. The van der Waals surface area contributed by atoms with Crippen molar-refractivity contribution < 1.29 is 52.2 Å². The molecular weight excluding hydrogens is 1000 g/mol. The number of aliphatic hydroxyl groups is 1. The maximum atomic E-state index is 12.9. The molecule has 0 aromatic rings. The van der Waals surface area contributed by atoms with Crippen LogP contribution in [0.5, 0.6) is 0 Å². The molecule has 438 valence electrons. The molecule has 3 atom stereocenters. The van der Waals surface area contributed by atoms with E-state index in [1.165, 1.54) is 0 Å². The average molecular weight is 1100 g/mol. The second-order valence-corrected chi connectivity index (χ2v) is 20.1. The quantitative estimate of drug-likeness (QED) is 0.0197. The van der Waals surface area contributed by atoms with Gasteiger partial charge in [0, 0.05) is 19.3 Å². The number of phosphoric ester groups is 1. The fourth-order valence-electron chi connectivity index (χ4n) is 7.09. The first-order valence-electron chi connectivity index (χ1n) is 29.4. The van der Waals surface area contributed by atoms with Crippen molar-refractivity contribution in [3.05, 3.63) is 158 Å². The van der Waals surface area contributed by atoms with Crippen molar-refractivity contribution in [1.29, 1.82) is 0 Å². The molecule has 0 saturated heterocycles. The lowest BCUT2D eigenvalue weighted by Crippen LogP contribution is -2.30. The Bertz CT molecular complexity index is 1910. The molecule has 0 aromatic heterocycles. The molecule has 0 bridgehead atoms. The van der Waals surface area contributed by atoms with Crippen molar-refractivity contribution in [2.75, 3.05) is 26.4 Å². The van der Waals surface area contributed by atoms with Crippen LogP contribution < -0.4 is 0 Å². The Morgan fingerprint density at radius 1 is 0.359 bits per heavy atom. The van der Waals surface area contributed by atoms with E-state index in [0.717, 1.165) is 141 Å². The van der Waals surface area contributed by atoms with Crippen LogP contribution in [0.15, 0.2) is 158 Å². The molecule has 12 heteroatoms. The largest absolute Gasteiger partial charge is 0.472 e. The summed E-state index contributed by atoms with van der Waals surface area (Å²) in [6.07, 6.45) is 76.5. The van der Waals surface area contributed by atoms with E-state index in [2.05, 4.69) is 161 Å². The summed E-state index contributed by atoms with van der Waals surface area (Å²) in [7, 11) is -4.79. The van der Waals surface area contributed by atoms with Crippen LogP contribution in [0.2, 0.25) is 0 Å². The van der Waals surface area contributed by atoms with Crippen LogP contribution >= 0.6 is 7.82 Å². The molecule has 0 rings (SSSR count). The Morgan fingerprint density at radius 2 is 0.654 bits per heavy atom. The minimum atomic E-state index is -4.79. The van der Waals surface area contributed by atoms with Gasteiger partial charge >= 0.3 is 25.7 Å². The Balaban J connectivity index is 4.90. The highest BCUT2D eigenvalue weighted by atomic mass is 31.2. The van der Waals surface area contributed by atoms with E-state index >= 15 is 0 Å². The Hall–Kier alpha value is -4.90. The molecule has 0 aliphatic heterocycles. The Morgan fingerprint density at radius 3 is 1.05 bits per heavy atom. The van der Waals surface area contributed by atoms with E-state index in [-0.39, 0.29) is 25.9 Å². The first kappa shape index (κ1) is 73.1. The van der Waals surface area contributed by atoms with Crippen molar-refractivity contribution in [1.82, 2.24) is 0 Å². The molecule has 0 aromatic carbocycles. The van der Waals surface area contributed by atoms with Gasteiger partial charge < -0.3 is 24.2 Å². The lowest BCUT2D eigenvalue weighted by molar-refractivity contribution is -0.161. The minimum Gasteiger partial charge on any atom is -0.462 e. The first-order valence-corrected chi connectivity index (χ1v) is 30.9. The van der Waals surface area contributed by atoms with Gasteiger partial charge in [0.25, 0.3) is 0 Å². The van der Waals surface area contributed by atoms with E-state index in [9.17, 15) is 28.9 Å². The summed E-state index contributed by atoms with van der Waals surface area (Å²) in [5.41, 5.74) is 0. The van der Waals surface area contributed by atoms with Crippen molar-refractivity contribution >= 4 is 25.7 Å². The van der Waals surface area contributed by atoms with Crippen molar-refractivity contribution in [2.24, 2.45) is 0 Å². The summed E-state index contributed by atoms with van der Waals surface area (Å²) in [5, 5.41) is 9.80. The van der Waals surface area contributed by atoms with Crippen LogP contribution in [0, 0.1) is 0 Å². The highest BCUT2D eigenvalue weighted by Crippen LogP contribution is 2.43. The number of carbonyl (C=O) groups excluding carboxylic acids is 3. The lowest BCUT2D eigenvalue weighted by Gasteiger charge is -2.21. The summed E-state index contributed by atoms with van der Waals surface area (Å²) in [4.78, 5) is 48.6. The predicted molar refractivity (Wildman–Crippen MR) is 325 cm³/mol. The van der Waals surface area contributed by atoms with Crippen molar-refractivity contribution in [3.8, 4) is 0 Å². The van der Waals surface area contributed by atoms with Crippen LogP contribution in [0.4, 0.5) is 0 Å². The van der Waals surface area contributed by atoms with Gasteiger partial charge in [-0.15, -0.1) is 0 Å². The molecule has 0 aliphatic carbocycles.